The van der Waals surface area contributed by atoms with E-state index < -0.39 is 15.2 Å². The van der Waals surface area contributed by atoms with E-state index in [-0.39, 0.29) is 28.2 Å². The van der Waals surface area contributed by atoms with Crippen LogP contribution in [0, 0.1) is 5.92 Å². The first-order chi connectivity index (χ1) is 15.0. The average Bonchev–Trinajstić information content (AvgIpc) is 2.79. The van der Waals surface area contributed by atoms with Gasteiger partial charge in [-0.2, -0.15) is 0 Å². The SMILES string of the molecule is COc1cc2c(cc1OC)CN(C(C1CCNCC1)S(=O)(=O)c1ccccc1Cl)CC2.Cl. The van der Waals surface area contributed by atoms with Crippen molar-refractivity contribution in [1.82, 2.24) is 10.2 Å². The number of hydrogen-bond acceptors (Lipinski definition) is 6. The number of benzene rings is 2. The molecule has 0 aliphatic carbocycles. The van der Waals surface area contributed by atoms with Gasteiger partial charge in [-0.25, -0.2) is 8.42 Å². The molecular formula is C23H30Cl2N2O4S. The van der Waals surface area contributed by atoms with Crippen LogP contribution in [0.5, 0.6) is 11.5 Å². The molecule has 1 unspecified atom stereocenters. The van der Waals surface area contributed by atoms with Crippen LogP contribution in [0.15, 0.2) is 41.3 Å². The standard InChI is InChI=1S/C23H29ClN2O4S.ClH/c1-29-20-13-17-9-12-26(15-18(17)14-21(20)30-2)23(16-7-10-25-11-8-16)31(27,28)22-6-4-3-5-19(22)24;/h3-6,13-14,16,23,25H,7-12,15H2,1-2H3;1H. The van der Waals surface area contributed by atoms with Gasteiger partial charge in [-0.05, 0) is 73.7 Å². The number of halogens is 2. The number of rotatable bonds is 6. The summed E-state index contributed by atoms with van der Waals surface area (Å²) in [5, 5.41) is 3.02. The van der Waals surface area contributed by atoms with Gasteiger partial charge in [0, 0.05) is 13.1 Å². The molecule has 1 N–H and O–H groups in total. The van der Waals surface area contributed by atoms with Crippen LogP contribution in [0.2, 0.25) is 5.02 Å². The minimum Gasteiger partial charge on any atom is -0.493 e. The normalized spacial score (nSPS) is 18.3. The molecule has 4 rings (SSSR count). The second kappa shape index (κ2) is 10.6. The van der Waals surface area contributed by atoms with Crippen molar-refractivity contribution in [3.05, 3.63) is 52.5 Å². The van der Waals surface area contributed by atoms with Gasteiger partial charge < -0.3 is 14.8 Å². The summed E-state index contributed by atoms with van der Waals surface area (Å²) in [6.07, 6.45) is 2.41. The van der Waals surface area contributed by atoms with Gasteiger partial charge in [-0.1, -0.05) is 23.7 Å². The predicted octanol–water partition coefficient (Wildman–Crippen LogP) is 3.94. The Morgan fingerprint density at radius 1 is 1.06 bits per heavy atom. The van der Waals surface area contributed by atoms with Crippen LogP contribution in [0.4, 0.5) is 0 Å². The lowest BCUT2D eigenvalue weighted by molar-refractivity contribution is 0.159. The first kappa shape index (κ1) is 25.1. The first-order valence-electron chi connectivity index (χ1n) is 10.6. The van der Waals surface area contributed by atoms with Crippen molar-refractivity contribution in [3.8, 4) is 11.5 Å². The highest BCUT2D eigenvalue weighted by Gasteiger charge is 2.41. The maximum atomic E-state index is 13.9. The van der Waals surface area contributed by atoms with E-state index in [4.69, 9.17) is 21.1 Å². The highest BCUT2D eigenvalue weighted by atomic mass is 35.5. The van der Waals surface area contributed by atoms with Crippen LogP contribution >= 0.6 is 24.0 Å². The molecule has 1 fully saturated rings. The van der Waals surface area contributed by atoms with Crippen molar-refractivity contribution in [3.63, 3.8) is 0 Å². The van der Waals surface area contributed by atoms with Crippen molar-refractivity contribution in [2.75, 3.05) is 33.9 Å². The Bertz CT molecular complexity index is 1040. The fourth-order valence-corrected chi connectivity index (χ4v) is 7.48. The maximum Gasteiger partial charge on any atom is 0.196 e. The smallest absolute Gasteiger partial charge is 0.196 e. The third kappa shape index (κ3) is 4.87. The summed E-state index contributed by atoms with van der Waals surface area (Å²) in [4.78, 5) is 2.33. The molecule has 2 heterocycles. The second-order valence-corrected chi connectivity index (χ2v) is 10.6. The number of piperidine rings is 1. The van der Waals surface area contributed by atoms with Crippen LogP contribution in [0.3, 0.4) is 0 Å². The molecule has 2 aromatic rings. The van der Waals surface area contributed by atoms with E-state index in [9.17, 15) is 8.42 Å². The number of ether oxygens (including phenoxy) is 2. The minimum absolute atomic E-state index is 0. The fraction of sp³-hybridized carbons (Fsp3) is 0.478. The molecule has 2 aromatic carbocycles. The summed E-state index contributed by atoms with van der Waals surface area (Å²) in [7, 11) is -0.408. The zero-order valence-corrected chi connectivity index (χ0v) is 20.7. The van der Waals surface area contributed by atoms with Gasteiger partial charge in [0.05, 0.1) is 24.1 Å². The zero-order chi connectivity index (χ0) is 22.0. The molecule has 0 saturated carbocycles. The van der Waals surface area contributed by atoms with Gasteiger partial charge in [-0.15, -0.1) is 12.4 Å². The van der Waals surface area contributed by atoms with E-state index in [1.54, 1.807) is 38.5 Å². The van der Waals surface area contributed by atoms with E-state index in [1.807, 2.05) is 12.1 Å². The fourth-order valence-electron chi connectivity index (χ4n) is 4.80. The third-order valence-corrected chi connectivity index (χ3v) is 9.09. The molecule has 2 aliphatic heterocycles. The molecule has 176 valence electrons. The topological polar surface area (TPSA) is 67.9 Å². The van der Waals surface area contributed by atoms with Crippen LogP contribution in [-0.4, -0.2) is 52.5 Å². The molecule has 1 atom stereocenters. The van der Waals surface area contributed by atoms with Crippen molar-refractivity contribution in [2.24, 2.45) is 5.92 Å². The van der Waals surface area contributed by atoms with E-state index in [2.05, 4.69) is 10.2 Å². The molecule has 2 aliphatic rings. The number of sulfone groups is 1. The lowest BCUT2D eigenvalue weighted by atomic mass is 9.94. The van der Waals surface area contributed by atoms with Crippen LogP contribution < -0.4 is 14.8 Å². The molecule has 0 radical (unpaired) electrons. The van der Waals surface area contributed by atoms with Crippen LogP contribution in [-0.2, 0) is 22.8 Å². The summed E-state index contributed by atoms with van der Waals surface area (Å²) < 4.78 is 38.7. The molecule has 0 spiro atoms. The summed E-state index contributed by atoms with van der Waals surface area (Å²) >= 11 is 6.34. The number of methoxy groups -OCH3 is 2. The number of nitrogens with zero attached hydrogens (tertiary/aromatic N) is 1. The lowest BCUT2D eigenvalue weighted by Crippen LogP contribution is -2.50. The predicted molar refractivity (Wildman–Crippen MR) is 129 cm³/mol. The Balaban J connectivity index is 0.00000289. The molecule has 1 saturated heterocycles. The summed E-state index contributed by atoms with van der Waals surface area (Å²) in [6.45, 7) is 2.87. The zero-order valence-electron chi connectivity index (χ0n) is 18.3. The Labute approximate surface area is 201 Å². The number of hydrogen-bond donors (Lipinski definition) is 1. The quantitative estimate of drug-likeness (QED) is 0.647. The van der Waals surface area contributed by atoms with Crippen molar-refractivity contribution >= 4 is 33.8 Å². The Morgan fingerprint density at radius 2 is 1.69 bits per heavy atom. The summed E-state index contributed by atoms with van der Waals surface area (Å²) in [5.74, 6) is 1.41. The third-order valence-electron chi connectivity index (χ3n) is 6.36. The van der Waals surface area contributed by atoms with Gasteiger partial charge >= 0.3 is 0 Å². The highest BCUT2D eigenvalue weighted by Crippen LogP contribution is 2.38. The van der Waals surface area contributed by atoms with Crippen molar-refractivity contribution < 1.29 is 17.9 Å². The van der Waals surface area contributed by atoms with Crippen LogP contribution in [0.25, 0.3) is 0 Å². The van der Waals surface area contributed by atoms with Gasteiger partial charge in [0.25, 0.3) is 0 Å². The Hall–Kier alpha value is -1.51. The summed E-state index contributed by atoms with van der Waals surface area (Å²) in [6, 6.07) is 10.8. The van der Waals surface area contributed by atoms with Gasteiger partial charge in [0.2, 0.25) is 0 Å². The van der Waals surface area contributed by atoms with Gasteiger partial charge in [0.15, 0.2) is 21.3 Å². The average molecular weight is 501 g/mol. The van der Waals surface area contributed by atoms with Gasteiger partial charge in [-0.3, -0.25) is 4.90 Å². The largest absolute Gasteiger partial charge is 0.493 e. The van der Waals surface area contributed by atoms with Gasteiger partial charge in [0.1, 0.15) is 5.37 Å². The molecule has 0 aromatic heterocycles. The monoisotopic (exact) mass is 500 g/mol. The van der Waals surface area contributed by atoms with Crippen LogP contribution in [0.1, 0.15) is 24.0 Å². The lowest BCUT2D eigenvalue weighted by Gasteiger charge is -2.40. The number of fused-ring (bicyclic) bond motifs is 1. The van der Waals surface area contributed by atoms with Crippen molar-refractivity contribution in [1.29, 1.82) is 0 Å². The van der Waals surface area contributed by atoms with E-state index in [0.717, 1.165) is 37.9 Å². The molecule has 32 heavy (non-hydrogen) atoms. The Morgan fingerprint density at radius 3 is 2.31 bits per heavy atom. The van der Waals surface area contributed by atoms with E-state index in [1.165, 1.54) is 5.56 Å². The molecular weight excluding hydrogens is 471 g/mol. The maximum absolute atomic E-state index is 13.9. The molecule has 0 bridgehead atoms. The highest BCUT2D eigenvalue weighted by molar-refractivity contribution is 7.92. The summed E-state index contributed by atoms with van der Waals surface area (Å²) in [5.41, 5.74) is 2.25. The van der Waals surface area contributed by atoms with E-state index >= 15 is 0 Å². The Kier molecular flexibility index (Phi) is 8.33. The minimum atomic E-state index is -3.65. The van der Waals surface area contributed by atoms with E-state index in [0.29, 0.717) is 24.6 Å². The molecule has 6 nitrogen and oxygen atoms in total. The number of nitrogens with one attached hydrogen (secondary N) is 1. The molecule has 0 amide bonds. The first-order valence-corrected chi connectivity index (χ1v) is 12.5. The second-order valence-electron chi connectivity index (χ2n) is 8.15. The molecule has 9 heteroatoms. The van der Waals surface area contributed by atoms with Crippen molar-refractivity contribution in [2.45, 2.75) is 36.1 Å².